The highest BCUT2D eigenvalue weighted by atomic mass is 127. The second kappa shape index (κ2) is 9.44. The average Bonchev–Trinajstić information content (AvgIpc) is 3.01. The largest absolute Gasteiger partial charge is 0.465 e. The van der Waals surface area contributed by atoms with Crippen molar-refractivity contribution in [3.05, 3.63) is 11.6 Å². The first-order valence-corrected chi connectivity index (χ1v) is 10.7. The zero-order chi connectivity index (χ0) is 26.3. The topological polar surface area (TPSA) is 52.6 Å². The van der Waals surface area contributed by atoms with Crippen LogP contribution in [0.5, 0.6) is 0 Å². The molecule has 1 saturated carbocycles. The molecule has 192 valence electrons. The van der Waals surface area contributed by atoms with Crippen LogP contribution in [0.3, 0.4) is 0 Å². The van der Waals surface area contributed by atoms with Crippen molar-refractivity contribution in [2.45, 2.75) is 67.9 Å². The Hall–Kier alpha value is -1.22. The van der Waals surface area contributed by atoms with Crippen LogP contribution in [0.4, 0.5) is 39.5 Å². The van der Waals surface area contributed by atoms with Gasteiger partial charge in [-0.1, -0.05) is 42.0 Å². The minimum absolute atomic E-state index is 0.247. The molecule has 1 atom stereocenters. The SMILES string of the molecule is CCOC(=O)C1(C(=O)OCC)C/C(=C/C(F)(F)C(F)(F)C(F)(F)C(F)(F)F)C(C(C)(C)I)C1. The molecule has 0 bridgehead atoms. The molecule has 0 spiro atoms. The zero-order valence-electron chi connectivity index (χ0n) is 17.9. The first kappa shape index (κ1) is 29.8. The van der Waals surface area contributed by atoms with Crippen molar-refractivity contribution in [2.75, 3.05) is 13.2 Å². The number of halogens is 10. The molecule has 14 heteroatoms. The number of hydrogen-bond donors (Lipinski definition) is 0. The highest BCUT2D eigenvalue weighted by molar-refractivity contribution is 14.1. The van der Waals surface area contributed by atoms with Gasteiger partial charge in [-0.2, -0.15) is 39.5 Å². The molecule has 1 aliphatic carbocycles. The van der Waals surface area contributed by atoms with Crippen LogP contribution in [0.2, 0.25) is 0 Å². The predicted molar refractivity (Wildman–Crippen MR) is 106 cm³/mol. The fourth-order valence-electron chi connectivity index (χ4n) is 3.50. The molecule has 0 amide bonds. The summed E-state index contributed by atoms with van der Waals surface area (Å²) in [7, 11) is 0. The van der Waals surface area contributed by atoms with Crippen LogP contribution >= 0.6 is 22.6 Å². The van der Waals surface area contributed by atoms with Gasteiger partial charge in [-0.05, 0) is 38.7 Å². The van der Waals surface area contributed by atoms with E-state index in [1.165, 1.54) is 27.7 Å². The molecule has 0 radical (unpaired) electrons. The number of carbonyl (C=O) groups excluding carboxylic acids is 2. The molecule has 1 unspecified atom stereocenters. The van der Waals surface area contributed by atoms with Crippen LogP contribution in [-0.2, 0) is 19.1 Å². The quantitative estimate of drug-likeness (QED) is 0.0829. The van der Waals surface area contributed by atoms with Crippen molar-refractivity contribution in [1.29, 1.82) is 0 Å². The first-order chi connectivity index (χ1) is 14.6. The minimum Gasteiger partial charge on any atom is -0.465 e. The van der Waals surface area contributed by atoms with E-state index in [-0.39, 0.29) is 13.2 Å². The lowest BCUT2D eigenvalue weighted by Gasteiger charge is -2.33. The summed E-state index contributed by atoms with van der Waals surface area (Å²) in [6.45, 7) is 5.08. The summed E-state index contributed by atoms with van der Waals surface area (Å²) in [5.74, 6) is -23.6. The van der Waals surface area contributed by atoms with Crippen LogP contribution in [0, 0.1) is 11.3 Å². The number of esters is 2. The molecule has 4 nitrogen and oxygen atoms in total. The normalized spacial score (nSPS) is 21.3. The molecular weight excluding hydrogens is 590 g/mol. The summed E-state index contributed by atoms with van der Waals surface area (Å²) in [6.07, 6.45) is -9.21. The maximum absolute atomic E-state index is 14.3. The Morgan fingerprint density at radius 1 is 0.939 bits per heavy atom. The lowest BCUT2D eigenvalue weighted by Crippen LogP contribution is -2.60. The summed E-state index contributed by atoms with van der Waals surface area (Å²) in [4.78, 5) is 25.2. The Balaban J connectivity index is 3.70. The average molecular weight is 612 g/mol. The second-order valence-electron chi connectivity index (χ2n) is 8.01. The van der Waals surface area contributed by atoms with Gasteiger partial charge in [0.2, 0.25) is 0 Å². The minimum atomic E-state index is -7.06. The number of allylic oxidation sites excluding steroid dienone is 2. The van der Waals surface area contributed by atoms with Crippen LogP contribution < -0.4 is 0 Å². The molecule has 0 N–H and O–H groups in total. The molecule has 1 rings (SSSR count). The van der Waals surface area contributed by atoms with Crippen LogP contribution in [0.15, 0.2) is 11.6 Å². The summed E-state index contributed by atoms with van der Waals surface area (Å²) in [5, 5.41) is 0. The van der Waals surface area contributed by atoms with E-state index in [2.05, 4.69) is 0 Å². The van der Waals surface area contributed by atoms with Gasteiger partial charge in [-0.25, -0.2) is 0 Å². The van der Waals surface area contributed by atoms with E-state index in [1.807, 2.05) is 0 Å². The van der Waals surface area contributed by atoms with Gasteiger partial charge < -0.3 is 9.47 Å². The molecule has 0 saturated heterocycles. The Bertz CT molecular complexity index is 767. The van der Waals surface area contributed by atoms with E-state index in [9.17, 15) is 49.1 Å². The fraction of sp³-hybridized carbons (Fsp3) is 0.789. The van der Waals surface area contributed by atoms with E-state index < -0.39 is 75.1 Å². The zero-order valence-corrected chi connectivity index (χ0v) is 20.1. The third-order valence-corrected chi connectivity index (χ3v) is 5.95. The highest BCUT2D eigenvalue weighted by Gasteiger charge is 2.81. The van der Waals surface area contributed by atoms with Gasteiger partial charge in [0.15, 0.2) is 5.41 Å². The van der Waals surface area contributed by atoms with Crippen molar-refractivity contribution < 1.29 is 58.6 Å². The number of hydrogen-bond acceptors (Lipinski definition) is 4. The van der Waals surface area contributed by atoms with Crippen LogP contribution in [0.1, 0.15) is 40.5 Å². The lowest BCUT2D eigenvalue weighted by molar-refractivity contribution is -0.388. The van der Waals surface area contributed by atoms with E-state index in [0.717, 1.165) is 0 Å². The third-order valence-electron chi connectivity index (χ3n) is 5.20. The van der Waals surface area contributed by atoms with Crippen molar-refractivity contribution in [3.8, 4) is 0 Å². The smallest absolute Gasteiger partial charge is 0.460 e. The third kappa shape index (κ3) is 5.39. The molecule has 1 fully saturated rings. The maximum Gasteiger partial charge on any atom is 0.460 e. The number of ether oxygens (including phenoxy) is 2. The molecule has 0 aliphatic heterocycles. The predicted octanol–water partition coefficient (Wildman–Crippen LogP) is 6.12. The number of rotatable bonds is 8. The molecule has 0 aromatic rings. The van der Waals surface area contributed by atoms with Crippen LogP contribution in [0.25, 0.3) is 0 Å². The number of carbonyl (C=O) groups is 2. The first-order valence-electron chi connectivity index (χ1n) is 9.57. The van der Waals surface area contributed by atoms with Gasteiger partial charge in [0, 0.05) is 3.42 Å². The summed E-state index contributed by atoms with van der Waals surface area (Å²) >= 11 is 1.70. The lowest BCUT2D eigenvalue weighted by atomic mass is 9.83. The van der Waals surface area contributed by atoms with E-state index >= 15 is 0 Å². The van der Waals surface area contributed by atoms with Crippen molar-refractivity contribution >= 4 is 34.5 Å². The Kier molecular flexibility index (Phi) is 8.53. The van der Waals surface area contributed by atoms with Gasteiger partial charge in [-0.15, -0.1) is 0 Å². The molecule has 33 heavy (non-hydrogen) atoms. The van der Waals surface area contributed by atoms with Gasteiger partial charge in [0.05, 0.1) is 13.2 Å². The maximum atomic E-state index is 14.3. The summed E-state index contributed by atoms with van der Waals surface area (Å²) in [6, 6.07) is 0. The summed E-state index contributed by atoms with van der Waals surface area (Å²) in [5.41, 5.74) is -3.03. The molecule has 1 aliphatic rings. The van der Waals surface area contributed by atoms with Crippen molar-refractivity contribution in [2.24, 2.45) is 11.3 Å². The monoisotopic (exact) mass is 612 g/mol. The standard InChI is InChI=1S/C19H22F9IO4/c1-5-32-12(30)15(13(31)33-6-2)7-10(11(9-15)14(3,4)29)8-16(20,21)17(22,23)18(24,25)19(26,27)28/h8,11H,5-7,9H2,1-4H3/b10-8-. The molecule has 0 aromatic carbocycles. The molecule has 0 aromatic heterocycles. The van der Waals surface area contributed by atoms with Gasteiger partial charge in [0.25, 0.3) is 0 Å². The fourth-order valence-corrected chi connectivity index (χ4v) is 4.12. The van der Waals surface area contributed by atoms with Crippen molar-refractivity contribution in [1.82, 2.24) is 0 Å². The second-order valence-corrected chi connectivity index (χ2v) is 10.8. The van der Waals surface area contributed by atoms with Crippen LogP contribution in [-0.4, -0.2) is 52.5 Å². The Morgan fingerprint density at radius 3 is 1.70 bits per heavy atom. The van der Waals surface area contributed by atoms with Gasteiger partial charge >= 0.3 is 35.9 Å². The van der Waals surface area contributed by atoms with E-state index in [4.69, 9.17) is 9.47 Å². The van der Waals surface area contributed by atoms with Gasteiger partial charge in [-0.3, -0.25) is 9.59 Å². The number of alkyl halides is 10. The Labute approximate surface area is 197 Å². The summed E-state index contributed by atoms with van der Waals surface area (Å²) < 4.78 is 129. The molecule has 0 heterocycles. The highest BCUT2D eigenvalue weighted by Crippen LogP contribution is 2.57. The van der Waals surface area contributed by atoms with E-state index in [1.54, 1.807) is 22.6 Å². The van der Waals surface area contributed by atoms with Crippen molar-refractivity contribution in [3.63, 3.8) is 0 Å². The van der Waals surface area contributed by atoms with E-state index in [0.29, 0.717) is 0 Å². The van der Waals surface area contributed by atoms with Gasteiger partial charge in [0.1, 0.15) is 0 Å². The Morgan fingerprint density at radius 2 is 1.36 bits per heavy atom. The molecular formula is C19H22F9IO4.